The van der Waals surface area contributed by atoms with Crippen molar-refractivity contribution in [2.24, 2.45) is 16.9 Å². The lowest BCUT2D eigenvalue weighted by atomic mass is 9.78. The number of rotatable bonds is 9. The Kier molecular flexibility index (Phi) is 8.52. The minimum absolute atomic E-state index is 0.0481. The van der Waals surface area contributed by atoms with Gasteiger partial charge in [0.05, 0.1) is 17.5 Å². The molecule has 0 radical (unpaired) electrons. The van der Waals surface area contributed by atoms with Gasteiger partial charge in [-0.15, -0.1) is 0 Å². The van der Waals surface area contributed by atoms with Gasteiger partial charge in [0.25, 0.3) is 5.91 Å². The van der Waals surface area contributed by atoms with Crippen molar-refractivity contribution in [1.29, 1.82) is 0 Å². The quantitative estimate of drug-likeness (QED) is 0.501. The number of benzene rings is 2. The van der Waals surface area contributed by atoms with E-state index in [1.165, 1.54) is 0 Å². The maximum atomic E-state index is 13.4. The Hall–Kier alpha value is -3.10. The van der Waals surface area contributed by atoms with Crippen molar-refractivity contribution in [2.75, 3.05) is 26.2 Å². The van der Waals surface area contributed by atoms with E-state index in [2.05, 4.69) is 5.32 Å². The van der Waals surface area contributed by atoms with Crippen LogP contribution in [0.5, 0.6) is 5.75 Å². The lowest BCUT2D eigenvalue weighted by molar-refractivity contribution is -0.141. The van der Waals surface area contributed by atoms with Gasteiger partial charge in [-0.05, 0) is 54.7 Å². The lowest BCUT2D eigenvalue weighted by Crippen LogP contribution is -2.53. The fourth-order valence-electron chi connectivity index (χ4n) is 4.09. The maximum Gasteiger partial charge on any atom is 0.252 e. The Morgan fingerprint density at radius 1 is 1.12 bits per heavy atom. The maximum absolute atomic E-state index is 13.4. The fraction of sp³-hybridized carbons (Fsp3) is 0.400. The van der Waals surface area contributed by atoms with Gasteiger partial charge in [-0.2, -0.15) is 0 Å². The number of carbonyl (C=O) groups is 3. The molecule has 0 aliphatic carbocycles. The molecule has 3 amide bonds. The van der Waals surface area contributed by atoms with E-state index in [-0.39, 0.29) is 30.5 Å². The van der Waals surface area contributed by atoms with Crippen LogP contribution in [0.2, 0.25) is 5.02 Å². The summed E-state index contributed by atoms with van der Waals surface area (Å²) >= 11 is 6.06. The van der Waals surface area contributed by atoms with Crippen LogP contribution in [0.25, 0.3) is 0 Å². The molecule has 1 aliphatic rings. The van der Waals surface area contributed by atoms with Gasteiger partial charge in [0.2, 0.25) is 11.8 Å². The van der Waals surface area contributed by atoms with E-state index in [9.17, 15) is 14.4 Å². The first kappa shape index (κ1) is 25.5. The van der Waals surface area contributed by atoms with Crippen LogP contribution in [-0.2, 0) is 22.6 Å². The number of nitrogens with two attached hydrogens (primary N) is 2. The first-order chi connectivity index (χ1) is 16.3. The number of hydrogen-bond acceptors (Lipinski definition) is 5. The second-order valence-electron chi connectivity index (χ2n) is 8.51. The molecule has 8 nitrogen and oxygen atoms in total. The van der Waals surface area contributed by atoms with Gasteiger partial charge >= 0.3 is 0 Å². The minimum atomic E-state index is -0.888. The highest BCUT2D eigenvalue weighted by Gasteiger charge is 2.43. The van der Waals surface area contributed by atoms with Crippen LogP contribution in [0.3, 0.4) is 0 Å². The summed E-state index contributed by atoms with van der Waals surface area (Å²) in [5.41, 5.74) is 12.3. The number of ether oxygens (including phenoxy) is 1. The number of carbonyl (C=O) groups excluding carboxylic acids is 3. The van der Waals surface area contributed by atoms with Gasteiger partial charge < -0.3 is 26.4 Å². The van der Waals surface area contributed by atoms with Crippen LogP contribution >= 0.6 is 11.6 Å². The molecular weight excluding hydrogens is 456 g/mol. The van der Waals surface area contributed by atoms with Crippen molar-refractivity contribution in [2.45, 2.75) is 32.7 Å². The molecule has 0 atom stereocenters. The summed E-state index contributed by atoms with van der Waals surface area (Å²) in [5.74, 6) is -0.574. The van der Waals surface area contributed by atoms with Crippen molar-refractivity contribution < 1.29 is 19.1 Å². The molecule has 34 heavy (non-hydrogen) atoms. The number of hydrogen-bond donors (Lipinski definition) is 3. The topological polar surface area (TPSA) is 128 Å². The Morgan fingerprint density at radius 2 is 1.85 bits per heavy atom. The predicted octanol–water partition coefficient (Wildman–Crippen LogP) is 2.26. The van der Waals surface area contributed by atoms with Crippen LogP contribution in [0.4, 0.5) is 0 Å². The number of likely N-dealkylation sites (tertiary alicyclic amines) is 1. The third kappa shape index (κ3) is 6.07. The fourth-order valence-corrected chi connectivity index (χ4v) is 4.31. The zero-order valence-corrected chi connectivity index (χ0v) is 20.1. The highest BCUT2D eigenvalue weighted by Crippen LogP contribution is 2.34. The highest BCUT2D eigenvalue weighted by molar-refractivity contribution is 6.30. The molecule has 1 saturated heterocycles. The largest absolute Gasteiger partial charge is 0.492 e. The van der Waals surface area contributed by atoms with Crippen LogP contribution in [0, 0.1) is 5.41 Å². The normalized spacial score (nSPS) is 15.0. The van der Waals surface area contributed by atoms with Crippen molar-refractivity contribution >= 4 is 29.3 Å². The molecule has 1 aliphatic heterocycles. The van der Waals surface area contributed by atoms with Crippen LogP contribution in [-0.4, -0.2) is 48.9 Å². The van der Waals surface area contributed by atoms with E-state index in [4.69, 9.17) is 27.8 Å². The standard InChI is InChI=1S/C25H31ClN4O4/c1-2-17-6-7-20(23(28)32)21(13-17)34-16-25(8-10-30(11-9-25)22(31)14-27)24(33)29-15-18-4-3-5-19(26)12-18/h3-7,12-13H,2,8-11,14-16,27H2,1H3,(H2,28,32)(H,29,33). The van der Waals surface area contributed by atoms with Crippen molar-refractivity contribution in [3.05, 3.63) is 64.2 Å². The predicted molar refractivity (Wildman–Crippen MR) is 130 cm³/mol. The first-order valence-electron chi connectivity index (χ1n) is 11.3. The second-order valence-corrected chi connectivity index (χ2v) is 8.95. The summed E-state index contributed by atoms with van der Waals surface area (Å²) in [6.45, 7) is 3.06. The molecule has 182 valence electrons. The number of piperidine rings is 1. The molecule has 0 spiro atoms. The monoisotopic (exact) mass is 486 g/mol. The molecule has 2 aromatic rings. The number of nitrogens with one attached hydrogen (secondary N) is 1. The summed E-state index contributed by atoms with van der Waals surface area (Å²) in [7, 11) is 0. The van der Waals surface area contributed by atoms with Gasteiger partial charge in [-0.3, -0.25) is 14.4 Å². The zero-order valence-electron chi connectivity index (χ0n) is 19.3. The summed E-state index contributed by atoms with van der Waals surface area (Å²) < 4.78 is 6.09. The number of amides is 3. The van der Waals surface area contributed by atoms with E-state index in [1.54, 1.807) is 29.2 Å². The van der Waals surface area contributed by atoms with E-state index in [0.29, 0.717) is 43.2 Å². The molecule has 0 bridgehead atoms. The summed E-state index contributed by atoms with van der Waals surface area (Å²) in [6.07, 6.45) is 1.57. The molecule has 0 saturated carbocycles. The molecular formula is C25H31ClN4O4. The van der Waals surface area contributed by atoms with Crippen LogP contribution in [0.1, 0.15) is 41.3 Å². The first-order valence-corrected chi connectivity index (χ1v) is 11.7. The van der Waals surface area contributed by atoms with Crippen LogP contribution in [0.15, 0.2) is 42.5 Å². The lowest BCUT2D eigenvalue weighted by Gasteiger charge is -2.40. The summed E-state index contributed by atoms with van der Waals surface area (Å²) in [6, 6.07) is 12.5. The molecule has 9 heteroatoms. The van der Waals surface area contributed by atoms with Crippen molar-refractivity contribution in [1.82, 2.24) is 10.2 Å². The van der Waals surface area contributed by atoms with E-state index >= 15 is 0 Å². The SMILES string of the molecule is CCc1ccc(C(N)=O)c(OCC2(C(=O)NCc3cccc(Cl)c3)CCN(C(=O)CN)CC2)c1. The van der Waals surface area contributed by atoms with E-state index < -0.39 is 11.3 Å². The van der Waals surface area contributed by atoms with Gasteiger partial charge in [-0.1, -0.05) is 36.7 Å². The molecule has 5 N–H and O–H groups in total. The molecule has 0 aromatic heterocycles. The number of halogens is 1. The van der Waals surface area contributed by atoms with Crippen molar-refractivity contribution in [3.8, 4) is 5.75 Å². The van der Waals surface area contributed by atoms with Gasteiger partial charge in [0.15, 0.2) is 0 Å². The number of primary amides is 1. The number of aryl methyl sites for hydroxylation is 1. The van der Waals surface area contributed by atoms with Gasteiger partial charge in [-0.25, -0.2) is 0 Å². The zero-order chi connectivity index (χ0) is 24.7. The molecule has 0 unspecified atom stereocenters. The smallest absolute Gasteiger partial charge is 0.252 e. The average Bonchev–Trinajstić information content (AvgIpc) is 2.85. The Labute approximate surface area is 204 Å². The Balaban J connectivity index is 1.80. The van der Waals surface area contributed by atoms with Crippen LogP contribution < -0.4 is 21.5 Å². The third-order valence-electron chi connectivity index (χ3n) is 6.30. The molecule has 3 rings (SSSR count). The van der Waals surface area contributed by atoms with Gasteiger partial charge in [0, 0.05) is 24.7 Å². The van der Waals surface area contributed by atoms with E-state index in [0.717, 1.165) is 17.5 Å². The Morgan fingerprint density at radius 3 is 2.47 bits per heavy atom. The Bertz CT molecular complexity index is 1050. The third-order valence-corrected chi connectivity index (χ3v) is 6.53. The van der Waals surface area contributed by atoms with Gasteiger partial charge in [0.1, 0.15) is 12.4 Å². The second kappa shape index (κ2) is 11.4. The molecule has 1 heterocycles. The number of nitrogens with zero attached hydrogens (tertiary/aromatic N) is 1. The summed E-state index contributed by atoms with van der Waals surface area (Å²) in [4.78, 5) is 39.1. The highest BCUT2D eigenvalue weighted by atomic mass is 35.5. The molecule has 1 fully saturated rings. The molecule has 2 aromatic carbocycles. The van der Waals surface area contributed by atoms with E-state index in [1.807, 2.05) is 25.1 Å². The average molecular weight is 487 g/mol. The van der Waals surface area contributed by atoms with Crippen molar-refractivity contribution in [3.63, 3.8) is 0 Å². The summed E-state index contributed by atoms with van der Waals surface area (Å²) in [5, 5.41) is 3.58. The minimum Gasteiger partial charge on any atom is -0.492 e.